The molecule has 0 spiro atoms. The highest BCUT2D eigenvalue weighted by Crippen LogP contribution is 2.20. The second kappa shape index (κ2) is 10.3. The summed E-state index contributed by atoms with van der Waals surface area (Å²) >= 11 is 0. The summed E-state index contributed by atoms with van der Waals surface area (Å²) in [5, 5.41) is 6.94. The molecule has 0 fully saturated rings. The third-order valence-electron chi connectivity index (χ3n) is 4.52. The van der Waals surface area contributed by atoms with Gasteiger partial charge in [-0.25, -0.2) is 0 Å². The molecule has 3 rings (SSSR count). The van der Waals surface area contributed by atoms with Crippen LogP contribution in [0.3, 0.4) is 0 Å². The molecule has 0 atom stereocenters. The number of aryl methyl sites for hydroxylation is 1. The Labute approximate surface area is 170 Å². The van der Waals surface area contributed by atoms with Gasteiger partial charge < -0.3 is 19.3 Å². The number of nitrogens with zero attached hydrogens (tertiary/aromatic N) is 2. The predicted molar refractivity (Wildman–Crippen MR) is 109 cm³/mol. The maximum Gasteiger partial charge on any atom is 0.226 e. The monoisotopic (exact) mass is 395 g/mol. The summed E-state index contributed by atoms with van der Waals surface area (Å²) in [6.07, 6.45) is 2.34. The fourth-order valence-corrected chi connectivity index (χ4v) is 2.95. The SMILES string of the molecule is COc1ccc(-c2noc(CCCC(=O)NCCc3ccccc3OC)n2)cc1. The number of hydrogen-bond acceptors (Lipinski definition) is 6. The number of hydrogen-bond donors (Lipinski definition) is 1. The van der Waals surface area contributed by atoms with E-state index in [2.05, 4.69) is 15.5 Å². The molecule has 0 aliphatic rings. The van der Waals surface area contributed by atoms with E-state index in [0.29, 0.717) is 37.5 Å². The lowest BCUT2D eigenvalue weighted by Gasteiger charge is -2.08. The van der Waals surface area contributed by atoms with Crippen LogP contribution >= 0.6 is 0 Å². The van der Waals surface area contributed by atoms with Crippen LogP contribution in [0.4, 0.5) is 0 Å². The van der Waals surface area contributed by atoms with Gasteiger partial charge in [-0.2, -0.15) is 4.98 Å². The van der Waals surface area contributed by atoms with Crippen LogP contribution in [-0.4, -0.2) is 36.8 Å². The molecule has 152 valence electrons. The number of aromatic nitrogens is 2. The van der Waals surface area contributed by atoms with Crippen LogP contribution in [0, 0.1) is 0 Å². The van der Waals surface area contributed by atoms with Crippen molar-refractivity contribution in [3.8, 4) is 22.9 Å². The predicted octanol–water partition coefficient (Wildman–Crippen LogP) is 3.44. The third kappa shape index (κ3) is 5.81. The van der Waals surface area contributed by atoms with Gasteiger partial charge in [0.2, 0.25) is 17.6 Å². The molecular weight excluding hydrogens is 370 g/mol. The zero-order chi connectivity index (χ0) is 20.5. The standard InChI is InChI=1S/C22H25N3O4/c1-27-18-12-10-17(11-13-18)22-24-21(29-25-22)9-5-8-20(26)23-15-14-16-6-3-4-7-19(16)28-2/h3-4,6-7,10-13H,5,8-9,14-15H2,1-2H3,(H,23,26). The Morgan fingerprint density at radius 3 is 2.59 bits per heavy atom. The minimum absolute atomic E-state index is 0.00907. The molecule has 7 heteroatoms. The molecule has 29 heavy (non-hydrogen) atoms. The molecule has 0 saturated heterocycles. The number of carbonyl (C=O) groups excluding carboxylic acids is 1. The fraction of sp³-hybridized carbons (Fsp3) is 0.318. The Hall–Kier alpha value is -3.35. The summed E-state index contributed by atoms with van der Waals surface area (Å²) in [6.45, 7) is 0.571. The highest BCUT2D eigenvalue weighted by molar-refractivity contribution is 5.75. The zero-order valence-electron chi connectivity index (χ0n) is 16.7. The van der Waals surface area contributed by atoms with Crippen LogP contribution in [0.15, 0.2) is 53.1 Å². The molecular formula is C22H25N3O4. The van der Waals surface area contributed by atoms with Crippen LogP contribution in [-0.2, 0) is 17.6 Å². The highest BCUT2D eigenvalue weighted by atomic mass is 16.5. The zero-order valence-corrected chi connectivity index (χ0v) is 16.7. The second-order valence-corrected chi connectivity index (χ2v) is 6.51. The van der Waals surface area contributed by atoms with E-state index in [0.717, 1.165) is 29.0 Å². The van der Waals surface area contributed by atoms with Crippen molar-refractivity contribution in [3.63, 3.8) is 0 Å². The van der Waals surface area contributed by atoms with Crippen molar-refractivity contribution in [1.82, 2.24) is 15.5 Å². The molecule has 1 N–H and O–H groups in total. The maximum atomic E-state index is 12.0. The lowest BCUT2D eigenvalue weighted by atomic mass is 10.1. The van der Waals surface area contributed by atoms with E-state index in [1.54, 1.807) is 14.2 Å². The van der Waals surface area contributed by atoms with E-state index in [1.807, 2.05) is 48.5 Å². The normalized spacial score (nSPS) is 10.6. The molecule has 1 amide bonds. The first-order chi connectivity index (χ1) is 14.2. The second-order valence-electron chi connectivity index (χ2n) is 6.51. The van der Waals surface area contributed by atoms with Crippen LogP contribution < -0.4 is 14.8 Å². The van der Waals surface area contributed by atoms with Crippen molar-refractivity contribution >= 4 is 5.91 Å². The molecule has 0 bridgehead atoms. The van der Waals surface area contributed by atoms with E-state index in [4.69, 9.17) is 14.0 Å². The van der Waals surface area contributed by atoms with Crippen LogP contribution in [0.2, 0.25) is 0 Å². The average molecular weight is 395 g/mol. The number of ether oxygens (including phenoxy) is 2. The van der Waals surface area contributed by atoms with Crippen molar-refractivity contribution in [3.05, 3.63) is 60.0 Å². The molecule has 0 unspecified atom stereocenters. The Bertz CT molecular complexity index is 922. The summed E-state index contributed by atoms with van der Waals surface area (Å²) in [4.78, 5) is 16.4. The molecule has 2 aromatic carbocycles. The quantitative estimate of drug-likeness (QED) is 0.566. The summed E-state index contributed by atoms with van der Waals surface area (Å²) in [6, 6.07) is 15.3. The topological polar surface area (TPSA) is 86.5 Å². The van der Waals surface area contributed by atoms with Gasteiger partial charge in [0.05, 0.1) is 14.2 Å². The number of benzene rings is 2. The molecule has 7 nitrogen and oxygen atoms in total. The van der Waals surface area contributed by atoms with E-state index >= 15 is 0 Å². The maximum absolute atomic E-state index is 12.0. The van der Waals surface area contributed by atoms with Crippen molar-refractivity contribution in [1.29, 1.82) is 0 Å². The van der Waals surface area contributed by atoms with Crippen LogP contribution in [0.5, 0.6) is 11.5 Å². The van der Waals surface area contributed by atoms with E-state index in [9.17, 15) is 4.79 Å². The third-order valence-corrected chi connectivity index (χ3v) is 4.52. The van der Waals surface area contributed by atoms with E-state index < -0.39 is 0 Å². The van der Waals surface area contributed by atoms with Crippen molar-refractivity contribution < 1.29 is 18.8 Å². The van der Waals surface area contributed by atoms with Gasteiger partial charge in [-0.1, -0.05) is 23.4 Å². The molecule has 0 saturated carbocycles. The summed E-state index contributed by atoms with van der Waals surface area (Å²) in [7, 11) is 3.27. The molecule has 0 aliphatic heterocycles. The number of carbonyl (C=O) groups is 1. The van der Waals surface area contributed by atoms with E-state index in [1.165, 1.54) is 0 Å². The minimum atomic E-state index is 0.00907. The number of para-hydroxylation sites is 1. The Morgan fingerprint density at radius 1 is 1.03 bits per heavy atom. The summed E-state index contributed by atoms with van der Waals surface area (Å²) < 4.78 is 15.7. The van der Waals surface area contributed by atoms with Gasteiger partial charge >= 0.3 is 0 Å². The Balaban J connectivity index is 1.39. The van der Waals surface area contributed by atoms with Crippen molar-refractivity contribution in [2.24, 2.45) is 0 Å². The highest BCUT2D eigenvalue weighted by Gasteiger charge is 2.10. The average Bonchev–Trinajstić information content (AvgIpc) is 3.23. The van der Waals surface area contributed by atoms with Crippen molar-refractivity contribution in [2.45, 2.75) is 25.7 Å². The molecule has 1 aromatic heterocycles. The number of amides is 1. The number of methoxy groups -OCH3 is 2. The van der Waals surface area contributed by atoms with Crippen LogP contribution in [0.25, 0.3) is 11.4 Å². The summed E-state index contributed by atoms with van der Waals surface area (Å²) in [5.41, 5.74) is 1.93. The lowest BCUT2D eigenvalue weighted by Crippen LogP contribution is -2.25. The van der Waals surface area contributed by atoms with Gasteiger partial charge in [0.25, 0.3) is 0 Å². The van der Waals surface area contributed by atoms with Gasteiger partial charge in [-0.05, 0) is 48.7 Å². The van der Waals surface area contributed by atoms with Gasteiger partial charge in [0, 0.05) is 24.9 Å². The fourth-order valence-electron chi connectivity index (χ4n) is 2.95. The Morgan fingerprint density at radius 2 is 1.83 bits per heavy atom. The smallest absolute Gasteiger partial charge is 0.226 e. The molecule has 0 radical (unpaired) electrons. The molecule has 1 heterocycles. The molecule has 3 aromatic rings. The van der Waals surface area contributed by atoms with Gasteiger partial charge in [-0.15, -0.1) is 0 Å². The largest absolute Gasteiger partial charge is 0.497 e. The van der Waals surface area contributed by atoms with Crippen LogP contribution in [0.1, 0.15) is 24.3 Å². The van der Waals surface area contributed by atoms with Crippen molar-refractivity contribution in [2.75, 3.05) is 20.8 Å². The molecule has 0 aliphatic carbocycles. The van der Waals surface area contributed by atoms with Gasteiger partial charge in [0.1, 0.15) is 11.5 Å². The minimum Gasteiger partial charge on any atom is -0.497 e. The first-order valence-corrected chi connectivity index (χ1v) is 9.55. The lowest BCUT2D eigenvalue weighted by molar-refractivity contribution is -0.121. The van der Waals surface area contributed by atoms with Gasteiger partial charge in [0.15, 0.2) is 0 Å². The van der Waals surface area contributed by atoms with E-state index in [-0.39, 0.29) is 5.91 Å². The number of nitrogens with one attached hydrogen (secondary N) is 1. The first-order valence-electron chi connectivity index (χ1n) is 9.55. The van der Waals surface area contributed by atoms with Gasteiger partial charge in [-0.3, -0.25) is 4.79 Å². The Kier molecular flexibility index (Phi) is 7.22. The first kappa shape index (κ1) is 20.4. The number of rotatable bonds is 10. The summed E-state index contributed by atoms with van der Waals surface area (Å²) in [5.74, 6) is 2.68.